The van der Waals surface area contributed by atoms with Gasteiger partial charge in [-0.1, -0.05) is 36.4 Å². The van der Waals surface area contributed by atoms with Crippen molar-refractivity contribution in [3.8, 4) is 0 Å². The Morgan fingerprint density at radius 2 is 1.04 bits per heavy atom. The summed E-state index contributed by atoms with van der Waals surface area (Å²) in [6.45, 7) is 4.56. The maximum atomic E-state index is 12.7. The number of urea groups is 2. The molecular weight excluding hydrogens is 677 g/mol. The molecule has 4 N–H and O–H groups in total. The van der Waals surface area contributed by atoms with Crippen molar-refractivity contribution >= 4 is 55.4 Å². The lowest BCUT2D eigenvalue weighted by Gasteiger charge is -2.15. The molecule has 0 fully saturated rings. The van der Waals surface area contributed by atoms with Crippen LogP contribution in [0.2, 0.25) is 0 Å². The van der Waals surface area contributed by atoms with E-state index in [1.165, 1.54) is 79.7 Å². The van der Waals surface area contributed by atoms with Crippen LogP contribution in [0.25, 0.3) is 0 Å². The van der Waals surface area contributed by atoms with E-state index in [-0.39, 0.29) is 38.9 Å². The highest BCUT2D eigenvalue weighted by Gasteiger charge is 2.21. The minimum atomic E-state index is -4.14. The molecule has 1 atom stereocenters. The van der Waals surface area contributed by atoms with Crippen molar-refractivity contribution in [2.24, 2.45) is 0 Å². The van der Waals surface area contributed by atoms with Crippen LogP contribution in [-0.2, 0) is 29.5 Å². The normalized spacial score (nSPS) is 11.8. The van der Waals surface area contributed by atoms with Gasteiger partial charge in [0.15, 0.2) is 0 Å². The number of nitrogens with one attached hydrogen (secondary N) is 4. The van der Waals surface area contributed by atoms with Crippen LogP contribution in [0.15, 0.2) is 107 Å². The number of carbonyl (C=O) groups excluding carboxylic acids is 4. The lowest BCUT2D eigenvalue weighted by Crippen LogP contribution is -2.34. The molecule has 0 radical (unpaired) electrons. The van der Waals surface area contributed by atoms with Gasteiger partial charge in [0, 0.05) is 11.4 Å². The van der Waals surface area contributed by atoms with Gasteiger partial charge in [-0.3, -0.25) is 0 Å². The molecule has 0 bridgehead atoms. The number of esters is 2. The van der Waals surface area contributed by atoms with Crippen molar-refractivity contribution in [1.82, 2.24) is 9.44 Å². The molecule has 4 amide bonds. The zero-order valence-electron chi connectivity index (χ0n) is 26.4. The fourth-order valence-corrected chi connectivity index (χ4v) is 6.27. The van der Waals surface area contributed by atoms with E-state index in [0.717, 1.165) is 0 Å². The molecule has 0 aromatic heterocycles. The predicted octanol–water partition coefficient (Wildman–Crippen LogP) is 4.73. The fourth-order valence-electron chi connectivity index (χ4n) is 4.25. The quantitative estimate of drug-likeness (QED) is 0.158. The average Bonchev–Trinajstić information content (AvgIpc) is 3.03. The third-order valence-electron chi connectivity index (χ3n) is 6.52. The molecule has 0 heterocycles. The summed E-state index contributed by atoms with van der Waals surface area (Å²) in [6.07, 6.45) is -0.908. The van der Waals surface area contributed by atoms with E-state index in [0.29, 0.717) is 11.1 Å². The Morgan fingerprint density at radius 1 is 0.612 bits per heavy atom. The molecule has 0 aliphatic rings. The van der Waals surface area contributed by atoms with Crippen LogP contribution in [0.4, 0.5) is 21.0 Å². The summed E-state index contributed by atoms with van der Waals surface area (Å²) in [5, 5.41) is 4.72. The summed E-state index contributed by atoms with van der Waals surface area (Å²) in [5.41, 5.74) is 1.66. The zero-order chi connectivity index (χ0) is 35.8. The van der Waals surface area contributed by atoms with Crippen LogP contribution in [0.3, 0.4) is 0 Å². The van der Waals surface area contributed by atoms with Gasteiger partial charge in [-0.15, -0.1) is 0 Å². The monoisotopic (exact) mass is 708 g/mol. The minimum Gasteiger partial charge on any atom is -0.458 e. The van der Waals surface area contributed by atoms with Crippen molar-refractivity contribution in [3.63, 3.8) is 0 Å². The number of benzene rings is 4. The molecule has 0 aliphatic carbocycles. The summed E-state index contributed by atoms with van der Waals surface area (Å²) < 4.78 is 64.5. The summed E-state index contributed by atoms with van der Waals surface area (Å²) in [5.74, 6) is -1.62. The summed E-state index contributed by atoms with van der Waals surface area (Å²) in [6, 6.07) is 21.1. The Hall–Kier alpha value is -5.74. The number of anilines is 2. The van der Waals surface area contributed by atoms with Gasteiger partial charge in [0.25, 0.3) is 20.0 Å². The summed E-state index contributed by atoms with van der Waals surface area (Å²) in [7, 11) is -8.28. The molecule has 16 heteroatoms. The summed E-state index contributed by atoms with van der Waals surface area (Å²) in [4.78, 5) is 50.0. The van der Waals surface area contributed by atoms with E-state index in [1.807, 2.05) is 9.44 Å². The van der Waals surface area contributed by atoms with Gasteiger partial charge in [-0.05, 0) is 92.6 Å². The molecule has 14 nitrogen and oxygen atoms in total. The Balaban J connectivity index is 1.27. The topological polar surface area (TPSA) is 203 Å². The molecule has 0 spiro atoms. The maximum Gasteiger partial charge on any atom is 0.338 e. The number of aryl methyl sites for hydroxylation is 2. The van der Waals surface area contributed by atoms with E-state index >= 15 is 0 Å². The van der Waals surface area contributed by atoms with Gasteiger partial charge in [0.05, 0.1) is 20.9 Å². The first kappa shape index (κ1) is 36.1. The zero-order valence-corrected chi connectivity index (χ0v) is 28.1. The Kier molecular flexibility index (Phi) is 11.4. The van der Waals surface area contributed by atoms with Crippen LogP contribution >= 0.6 is 0 Å². The fraction of sp³-hybridized carbons (Fsp3) is 0.152. The van der Waals surface area contributed by atoms with Gasteiger partial charge < -0.3 is 20.1 Å². The van der Waals surface area contributed by atoms with Crippen LogP contribution in [-0.4, -0.2) is 53.5 Å². The third kappa shape index (κ3) is 10.4. The van der Waals surface area contributed by atoms with Gasteiger partial charge in [0.2, 0.25) is 0 Å². The molecule has 0 saturated carbocycles. The molecule has 4 aromatic carbocycles. The van der Waals surface area contributed by atoms with Crippen molar-refractivity contribution in [1.29, 1.82) is 0 Å². The second kappa shape index (κ2) is 15.4. The van der Waals surface area contributed by atoms with E-state index in [4.69, 9.17) is 9.47 Å². The second-order valence-corrected chi connectivity index (χ2v) is 14.1. The van der Waals surface area contributed by atoms with Crippen LogP contribution in [0, 0.1) is 13.8 Å². The molecule has 0 saturated heterocycles. The lowest BCUT2D eigenvalue weighted by molar-refractivity contribution is 0.00449. The van der Waals surface area contributed by atoms with E-state index < -0.39 is 50.2 Å². The predicted molar refractivity (Wildman–Crippen MR) is 179 cm³/mol. The van der Waals surface area contributed by atoms with Crippen LogP contribution in [0.5, 0.6) is 0 Å². The first-order valence-corrected chi connectivity index (χ1v) is 17.5. The highest BCUT2D eigenvalue weighted by Crippen LogP contribution is 2.16. The van der Waals surface area contributed by atoms with Gasteiger partial charge in [-0.2, -0.15) is 0 Å². The smallest absolute Gasteiger partial charge is 0.338 e. The third-order valence-corrected chi connectivity index (χ3v) is 9.18. The van der Waals surface area contributed by atoms with E-state index in [1.54, 1.807) is 38.1 Å². The Bertz CT molecular complexity index is 2120. The van der Waals surface area contributed by atoms with Gasteiger partial charge in [-0.25, -0.2) is 45.5 Å². The van der Waals surface area contributed by atoms with E-state index in [2.05, 4.69) is 10.6 Å². The molecule has 1 unspecified atom stereocenters. The van der Waals surface area contributed by atoms with Crippen molar-refractivity contribution in [2.75, 3.05) is 17.2 Å². The maximum absolute atomic E-state index is 12.7. The molecule has 256 valence electrons. The van der Waals surface area contributed by atoms with Crippen LogP contribution < -0.4 is 20.1 Å². The number of carbonyl (C=O) groups is 4. The van der Waals surface area contributed by atoms with Gasteiger partial charge in [0.1, 0.15) is 12.7 Å². The number of amides is 4. The number of rotatable bonds is 11. The van der Waals surface area contributed by atoms with Crippen LogP contribution in [0.1, 0.15) is 38.8 Å². The molecule has 0 aliphatic heterocycles. The summed E-state index contributed by atoms with van der Waals surface area (Å²) >= 11 is 0. The molecule has 4 aromatic rings. The first-order chi connectivity index (χ1) is 23.1. The lowest BCUT2D eigenvalue weighted by atomic mass is 10.2. The SMILES string of the molecule is Cc1cccc(S(=O)(=O)NC(=O)Nc2cccc(C(=O)OCC(C)OC(=O)c3cccc(NC(=O)NS(=O)(=O)c4cccc(C)c4)c3)c2)c1. The number of hydrogen-bond donors (Lipinski definition) is 4. The van der Waals surface area contributed by atoms with Gasteiger partial charge >= 0.3 is 24.0 Å². The molecule has 49 heavy (non-hydrogen) atoms. The molecule has 4 rings (SSSR count). The molecular formula is C33H32N4O10S2. The number of ether oxygens (including phenoxy) is 2. The minimum absolute atomic E-state index is 0.0268. The highest BCUT2D eigenvalue weighted by atomic mass is 32.2. The van der Waals surface area contributed by atoms with E-state index in [9.17, 15) is 36.0 Å². The van der Waals surface area contributed by atoms with Crippen molar-refractivity contribution < 1.29 is 45.5 Å². The Labute approximate surface area is 282 Å². The number of hydrogen-bond acceptors (Lipinski definition) is 10. The second-order valence-electron chi connectivity index (χ2n) is 10.7. The standard InChI is InChI=1S/C33H32N4O10S2/c1-21-8-4-14-28(16-21)48(42,43)36-32(40)34-26-12-6-10-24(18-26)30(38)46-20-23(3)47-31(39)25-11-7-13-27(19-25)35-33(41)37-49(44,45)29-15-5-9-22(2)17-29/h4-19,23H,20H2,1-3H3,(H2,34,36,40)(H2,35,37,41). The first-order valence-electron chi connectivity index (χ1n) is 14.5. The number of sulfonamides is 2. The van der Waals surface area contributed by atoms with Crippen molar-refractivity contribution in [2.45, 2.75) is 36.7 Å². The highest BCUT2D eigenvalue weighted by molar-refractivity contribution is 7.90. The largest absolute Gasteiger partial charge is 0.458 e. The average molecular weight is 709 g/mol. The van der Waals surface area contributed by atoms with Crippen molar-refractivity contribution in [3.05, 3.63) is 119 Å². The Morgan fingerprint density at radius 3 is 1.49 bits per heavy atom.